The summed E-state index contributed by atoms with van der Waals surface area (Å²) in [6.07, 6.45) is -4.94. The third kappa shape index (κ3) is 3.44. The number of thiazole rings is 1. The van der Waals surface area contributed by atoms with Crippen molar-refractivity contribution in [1.82, 2.24) is 4.98 Å². The lowest BCUT2D eigenvalue weighted by Crippen LogP contribution is -2.04. The van der Waals surface area contributed by atoms with Crippen molar-refractivity contribution in [3.8, 4) is 10.6 Å². The zero-order valence-electron chi connectivity index (χ0n) is 11.9. The number of nitrogens with zero attached hydrogens (tertiary/aromatic N) is 1. The first kappa shape index (κ1) is 16.0. The Hall–Kier alpha value is -1.40. The molecule has 0 aliphatic heterocycles. The highest BCUT2D eigenvalue weighted by Crippen LogP contribution is 2.36. The van der Waals surface area contributed by atoms with E-state index in [0.29, 0.717) is 10.6 Å². The van der Waals surface area contributed by atoms with E-state index >= 15 is 0 Å². The molecule has 114 valence electrons. The SMILES string of the molecule is Cc1nc(-c2ccc(C(F)(F)F)cc2)sc1C(O)C(C)C. The monoisotopic (exact) mass is 315 g/mol. The summed E-state index contributed by atoms with van der Waals surface area (Å²) in [7, 11) is 0. The summed E-state index contributed by atoms with van der Waals surface area (Å²) < 4.78 is 37.6. The maximum absolute atomic E-state index is 12.5. The number of aryl methyl sites for hydroxylation is 1. The second-order valence-electron chi connectivity index (χ2n) is 5.23. The first-order chi connectivity index (χ1) is 9.70. The Kier molecular flexibility index (Phi) is 4.39. The van der Waals surface area contributed by atoms with Gasteiger partial charge in [-0.15, -0.1) is 11.3 Å². The van der Waals surface area contributed by atoms with Crippen LogP contribution < -0.4 is 0 Å². The number of hydrogen-bond acceptors (Lipinski definition) is 3. The molecule has 1 aromatic heterocycles. The smallest absolute Gasteiger partial charge is 0.387 e. The fourth-order valence-corrected chi connectivity index (χ4v) is 3.14. The van der Waals surface area contributed by atoms with E-state index < -0.39 is 17.8 Å². The third-order valence-corrected chi connectivity index (χ3v) is 4.47. The van der Waals surface area contributed by atoms with Crippen molar-refractivity contribution in [3.63, 3.8) is 0 Å². The van der Waals surface area contributed by atoms with Gasteiger partial charge in [0.1, 0.15) is 5.01 Å². The lowest BCUT2D eigenvalue weighted by atomic mass is 10.1. The average Bonchev–Trinajstić information content (AvgIpc) is 2.79. The maximum Gasteiger partial charge on any atom is 0.416 e. The van der Waals surface area contributed by atoms with Crippen LogP contribution in [-0.4, -0.2) is 10.1 Å². The number of halogens is 3. The summed E-state index contributed by atoms with van der Waals surface area (Å²) in [5.41, 5.74) is 0.663. The third-order valence-electron chi connectivity index (χ3n) is 3.19. The van der Waals surface area contributed by atoms with E-state index in [4.69, 9.17) is 0 Å². The van der Waals surface area contributed by atoms with Crippen LogP contribution in [0.25, 0.3) is 10.6 Å². The molecule has 0 radical (unpaired) electrons. The van der Waals surface area contributed by atoms with Crippen LogP contribution in [0.5, 0.6) is 0 Å². The Labute approximate surface area is 125 Å². The molecular weight excluding hydrogens is 299 g/mol. The molecule has 0 fully saturated rings. The molecular formula is C15H16F3NOS. The molecule has 2 aromatic rings. The van der Waals surface area contributed by atoms with Crippen molar-refractivity contribution < 1.29 is 18.3 Å². The van der Waals surface area contributed by atoms with Crippen LogP contribution in [0.15, 0.2) is 24.3 Å². The number of hydrogen-bond donors (Lipinski definition) is 1. The number of rotatable bonds is 3. The Morgan fingerprint density at radius 1 is 1.14 bits per heavy atom. The molecule has 1 heterocycles. The first-order valence-corrected chi connectivity index (χ1v) is 7.35. The Morgan fingerprint density at radius 2 is 1.71 bits per heavy atom. The lowest BCUT2D eigenvalue weighted by molar-refractivity contribution is -0.137. The quantitative estimate of drug-likeness (QED) is 0.880. The van der Waals surface area contributed by atoms with Crippen molar-refractivity contribution >= 4 is 11.3 Å². The summed E-state index contributed by atoms with van der Waals surface area (Å²) in [5.74, 6) is 0.0598. The maximum atomic E-state index is 12.5. The molecule has 0 bridgehead atoms. The highest BCUT2D eigenvalue weighted by Gasteiger charge is 2.30. The molecule has 0 saturated heterocycles. The highest BCUT2D eigenvalue weighted by molar-refractivity contribution is 7.15. The topological polar surface area (TPSA) is 33.1 Å². The van der Waals surface area contributed by atoms with Gasteiger partial charge in [-0.05, 0) is 25.0 Å². The molecule has 21 heavy (non-hydrogen) atoms. The van der Waals surface area contributed by atoms with Crippen LogP contribution >= 0.6 is 11.3 Å². The summed E-state index contributed by atoms with van der Waals surface area (Å²) >= 11 is 1.32. The largest absolute Gasteiger partial charge is 0.416 e. The van der Waals surface area contributed by atoms with Gasteiger partial charge in [0, 0.05) is 5.56 Å². The molecule has 1 atom stereocenters. The van der Waals surface area contributed by atoms with E-state index in [0.717, 1.165) is 22.7 Å². The Balaban J connectivity index is 2.33. The highest BCUT2D eigenvalue weighted by atomic mass is 32.1. The number of alkyl halides is 3. The van der Waals surface area contributed by atoms with E-state index in [1.807, 2.05) is 13.8 Å². The van der Waals surface area contributed by atoms with E-state index in [9.17, 15) is 18.3 Å². The standard InChI is InChI=1S/C15H16F3NOS/c1-8(2)12(20)13-9(3)19-14(21-13)10-4-6-11(7-5-10)15(16,17)18/h4-8,12,20H,1-3H3. The van der Waals surface area contributed by atoms with E-state index in [1.165, 1.54) is 23.5 Å². The fourth-order valence-electron chi connectivity index (χ4n) is 1.91. The number of aromatic nitrogens is 1. The molecule has 1 N–H and O–H groups in total. The van der Waals surface area contributed by atoms with Gasteiger partial charge in [0.25, 0.3) is 0 Å². The van der Waals surface area contributed by atoms with Gasteiger partial charge in [-0.2, -0.15) is 13.2 Å². The van der Waals surface area contributed by atoms with Crippen LogP contribution in [0.3, 0.4) is 0 Å². The first-order valence-electron chi connectivity index (χ1n) is 6.53. The van der Waals surface area contributed by atoms with E-state index in [-0.39, 0.29) is 5.92 Å². The van der Waals surface area contributed by atoms with Crippen LogP contribution in [0.2, 0.25) is 0 Å². The van der Waals surface area contributed by atoms with Crippen molar-refractivity contribution in [2.45, 2.75) is 33.1 Å². The minimum absolute atomic E-state index is 0.0598. The predicted octanol–water partition coefficient (Wildman–Crippen LogP) is 4.83. The van der Waals surface area contributed by atoms with Crippen LogP contribution in [-0.2, 0) is 6.18 Å². The molecule has 0 spiro atoms. The van der Waals surface area contributed by atoms with Gasteiger partial charge in [0.2, 0.25) is 0 Å². The van der Waals surface area contributed by atoms with Crippen molar-refractivity contribution in [2.75, 3.05) is 0 Å². The second-order valence-corrected chi connectivity index (χ2v) is 6.26. The molecule has 0 aliphatic rings. The molecule has 0 aliphatic carbocycles. The van der Waals surface area contributed by atoms with Gasteiger partial charge < -0.3 is 5.11 Å². The van der Waals surface area contributed by atoms with Crippen LogP contribution in [0.1, 0.15) is 36.1 Å². The molecule has 6 heteroatoms. The van der Waals surface area contributed by atoms with Crippen LogP contribution in [0, 0.1) is 12.8 Å². The van der Waals surface area contributed by atoms with Gasteiger partial charge in [-0.25, -0.2) is 4.98 Å². The molecule has 2 rings (SSSR count). The number of aliphatic hydroxyl groups excluding tert-OH is 1. The average molecular weight is 315 g/mol. The molecule has 0 saturated carbocycles. The predicted molar refractivity (Wildman–Crippen MR) is 77.1 cm³/mol. The number of aliphatic hydroxyl groups is 1. The molecule has 0 amide bonds. The number of benzene rings is 1. The van der Waals surface area contributed by atoms with Crippen LogP contribution in [0.4, 0.5) is 13.2 Å². The fraction of sp³-hybridized carbons (Fsp3) is 0.400. The zero-order chi connectivity index (χ0) is 15.8. The van der Waals surface area contributed by atoms with Gasteiger partial charge in [0.15, 0.2) is 0 Å². The summed E-state index contributed by atoms with van der Waals surface area (Å²) in [6.45, 7) is 5.61. The minimum Gasteiger partial charge on any atom is -0.387 e. The lowest BCUT2D eigenvalue weighted by Gasteiger charge is -2.12. The van der Waals surface area contributed by atoms with Crippen molar-refractivity contribution in [2.24, 2.45) is 5.92 Å². The summed E-state index contributed by atoms with van der Waals surface area (Å²) in [4.78, 5) is 5.12. The second kappa shape index (κ2) is 5.77. The normalized spacial score (nSPS) is 13.7. The Morgan fingerprint density at radius 3 is 2.19 bits per heavy atom. The minimum atomic E-state index is -4.34. The zero-order valence-corrected chi connectivity index (χ0v) is 12.7. The van der Waals surface area contributed by atoms with E-state index in [2.05, 4.69) is 4.98 Å². The van der Waals surface area contributed by atoms with Crippen molar-refractivity contribution in [1.29, 1.82) is 0 Å². The summed E-state index contributed by atoms with van der Waals surface area (Å²) in [6, 6.07) is 4.91. The molecule has 1 aromatic carbocycles. The molecule has 2 nitrogen and oxygen atoms in total. The van der Waals surface area contributed by atoms with Gasteiger partial charge in [-0.3, -0.25) is 0 Å². The Bertz CT molecular complexity index is 617. The van der Waals surface area contributed by atoms with Crippen molar-refractivity contribution in [3.05, 3.63) is 40.4 Å². The van der Waals surface area contributed by atoms with Gasteiger partial charge >= 0.3 is 6.18 Å². The van der Waals surface area contributed by atoms with E-state index in [1.54, 1.807) is 6.92 Å². The summed E-state index contributed by atoms with van der Waals surface area (Å²) in [5, 5.41) is 10.7. The van der Waals surface area contributed by atoms with Gasteiger partial charge in [0.05, 0.1) is 22.2 Å². The van der Waals surface area contributed by atoms with Gasteiger partial charge in [-0.1, -0.05) is 26.0 Å². The molecule has 1 unspecified atom stereocenters.